The summed E-state index contributed by atoms with van der Waals surface area (Å²) in [4.78, 5) is 23.9. The number of hydrogen-bond acceptors (Lipinski definition) is 4. The van der Waals surface area contributed by atoms with Crippen molar-refractivity contribution in [3.05, 3.63) is 49.8 Å². The summed E-state index contributed by atoms with van der Waals surface area (Å²) in [6.07, 6.45) is 1.57. The van der Waals surface area contributed by atoms with Gasteiger partial charge in [0, 0.05) is 9.35 Å². The van der Waals surface area contributed by atoms with E-state index in [4.69, 9.17) is 4.98 Å². The molecule has 1 aromatic carbocycles. The van der Waals surface area contributed by atoms with E-state index in [1.165, 1.54) is 9.28 Å². The van der Waals surface area contributed by atoms with Gasteiger partial charge in [0.25, 0.3) is 5.56 Å². The van der Waals surface area contributed by atoms with Crippen molar-refractivity contribution in [2.75, 3.05) is 0 Å². The van der Waals surface area contributed by atoms with Gasteiger partial charge in [-0.05, 0) is 37.6 Å². The zero-order chi connectivity index (χ0) is 14.7. The van der Waals surface area contributed by atoms with Crippen molar-refractivity contribution in [2.24, 2.45) is 0 Å². The molecule has 0 fully saturated rings. The third-order valence-electron chi connectivity index (χ3n) is 3.74. The predicted octanol–water partition coefficient (Wildman–Crippen LogP) is 3.84. The van der Waals surface area contributed by atoms with Gasteiger partial charge in [-0.1, -0.05) is 15.9 Å². The van der Waals surface area contributed by atoms with Gasteiger partial charge in [0.1, 0.15) is 11.2 Å². The summed E-state index contributed by atoms with van der Waals surface area (Å²) in [5, 5.41) is 1.56. The summed E-state index contributed by atoms with van der Waals surface area (Å²) in [5.74, 6) is 0. The summed E-state index contributed by atoms with van der Waals surface area (Å²) in [7, 11) is 0. The molecule has 21 heavy (non-hydrogen) atoms. The van der Waals surface area contributed by atoms with Gasteiger partial charge in [-0.25, -0.2) is 14.4 Å². The lowest BCUT2D eigenvalue weighted by molar-refractivity contribution is 1.04. The van der Waals surface area contributed by atoms with Crippen LogP contribution in [-0.4, -0.2) is 14.4 Å². The number of hydrogen-bond donors (Lipinski definition) is 0. The summed E-state index contributed by atoms with van der Waals surface area (Å²) in [6.45, 7) is 4.11. The molecule has 3 aromatic heterocycles. The number of halogens is 1. The van der Waals surface area contributed by atoms with E-state index in [2.05, 4.69) is 27.8 Å². The van der Waals surface area contributed by atoms with E-state index in [-0.39, 0.29) is 5.56 Å². The standard InChI is InChI=1S/C15H10BrN3OS/c1-7-8(2)21-14-12(7)13-18-11-4-3-9(16)5-10(11)15(20)19(13)6-17-14/h3-6H,1-2H3. The molecule has 0 amide bonds. The number of benzene rings is 1. The Labute approximate surface area is 132 Å². The van der Waals surface area contributed by atoms with E-state index in [0.717, 1.165) is 20.3 Å². The molecule has 0 radical (unpaired) electrons. The largest absolute Gasteiger partial charge is 0.268 e. The van der Waals surface area contributed by atoms with Crippen LogP contribution in [0.4, 0.5) is 0 Å². The molecular formula is C15H10BrN3OS. The third kappa shape index (κ3) is 1.76. The first-order chi connectivity index (χ1) is 10.1. The fourth-order valence-electron chi connectivity index (χ4n) is 2.53. The average molecular weight is 360 g/mol. The van der Waals surface area contributed by atoms with Crippen LogP contribution in [0.15, 0.2) is 33.8 Å². The third-order valence-corrected chi connectivity index (χ3v) is 5.35. The van der Waals surface area contributed by atoms with Crippen LogP contribution in [0.1, 0.15) is 10.4 Å². The van der Waals surface area contributed by atoms with E-state index < -0.39 is 0 Å². The maximum atomic E-state index is 12.7. The summed E-state index contributed by atoms with van der Waals surface area (Å²) < 4.78 is 2.40. The lowest BCUT2D eigenvalue weighted by atomic mass is 10.2. The minimum Gasteiger partial charge on any atom is -0.268 e. The van der Waals surface area contributed by atoms with E-state index >= 15 is 0 Å². The van der Waals surface area contributed by atoms with Gasteiger partial charge < -0.3 is 0 Å². The minimum absolute atomic E-state index is 0.0889. The monoisotopic (exact) mass is 359 g/mol. The second-order valence-corrected chi connectivity index (χ2v) is 7.10. The van der Waals surface area contributed by atoms with E-state index in [0.29, 0.717) is 16.6 Å². The molecule has 0 bridgehead atoms. The molecule has 0 aliphatic rings. The number of aromatic nitrogens is 3. The first kappa shape index (κ1) is 12.9. The zero-order valence-electron chi connectivity index (χ0n) is 11.3. The van der Waals surface area contributed by atoms with Crippen LogP contribution in [-0.2, 0) is 0 Å². The highest BCUT2D eigenvalue weighted by atomic mass is 79.9. The van der Waals surface area contributed by atoms with Crippen LogP contribution in [0.25, 0.3) is 26.8 Å². The lowest BCUT2D eigenvalue weighted by Crippen LogP contribution is -2.15. The fourth-order valence-corrected chi connectivity index (χ4v) is 3.88. The number of rotatable bonds is 0. The smallest absolute Gasteiger partial charge is 0.267 e. The van der Waals surface area contributed by atoms with Gasteiger partial charge in [0.05, 0.1) is 16.3 Å². The van der Waals surface area contributed by atoms with Crippen molar-refractivity contribution in [3.63, 3.8) is 0 Å². The molecule has 0 N–H and O–H groups in total. The molecule has 0 unspecified atom stereocenters. The van der Waals surface area contributed by atoms with Gasteiger partial charge in [0.2, 0.25) is 0 Å². The van der Waals surface area contributed by atoms with Crippen LogP contribution in [0.5, 0.6) is 0 Å². The van der Waals surface area contributed by atoms with Gasteiger partial charge in [-0.3, -0.25) is 4.79 Å². The van der Waals surface area contributed by atoms with Crippen LogP contribution >= 0.6 is 27.3 Å². The Hall–Kier alpha value is -1.79. The fraction of sp³-hybridized carbons (Fsp3) is 0.133. The predicted molar refractivity (Wildman–Crippen MR) is 89.3 cm³/mol. The Bertz CT molecular complexity index is 1100. The molecule has 0 spiro atoms. The van der Waals surface area contributed by atoms with Crippen LogP contribution in [0.2, 0.25) is 0 Å². The van der Waals surface area contributed by atoms with Crippen molar-refractivity contribution in [1.82, 2.24) is 14.4 Å². The first-order valence-corrected chi connectivity index (χ1v) is 8.03. The summed E-state index contributed by atoms with van der Waals surface area (Å²) in [5.41, 5.74) is 2.44. The van der Waals surface area contributed by atoms with Crippen molar-refractivity contribution < 1.29 is 0 Å². The molecule has 4 nitrogen and oxygen atoms in total. The maximum absolute atomic E-state index is 12.7. The van der Waals surface area contributed by atoms with Crippen LogP contribution in [0.3, 0.4) is 0 Å². The van der Waals surface area contributed by atoms with Crippen molar-refractivity contribution in [3.8, 4) is 0 Å². The first-order valence-electron chi connectivity index (χ1n) is 6.42. The van der Waals surface area contributed by atoms with Crippen molar-refractivity contribution >= 4 is 54.0 Å². The Kier molecular flexibility index (Phi) is 2.68. The second kappa shape index (κ2) is 4.35. The summed E-state index contributed by atoms with van der Waals surface area (Å²) >= 11 is 5.03. The molecule has 0 saturated heterocycles. The molecule has 4 aromatic rings. The Morgan fingerprint density at radius 2 is 2.10 bits per heavy atom. The van der Waals surface area contributed by atoms with Gasteiger partial charge >= 0.3 is 0 Å². The quantitative estimate of drug-likeness (QED) is 0.448. The average Bonchev–Trinajstić information content (AvgIpc) is 2.75. The van der Waals surface area contributed by atoms with Crippen LogP contribution in [0, 0.1) is 13.8 Å². The van der Waals surface area contributed by atoms with Gasteiger partial charge in [-0.15, -0.1) is 11.3 Å². The van der Waals surface area contributed by atoms with Gasteiger partial charge in [-0.2, -0.15) is 0 Å². The normalized spacial score (nSPS) is 11.8. The SMILES string of the molecule is Cc1sc2ncn3c(=O)c4cc(Br)ccc4nc3c2c1C. The molecule has 104 valence electrons. The molecule has 0 aliphatic carbocycles. The highest BCUT2D eigenvalue weighted by Crippen LogP contribution is 2.30. The minimum atomic E-state index is -0.0889. The molecule has 0 aliphatic heterocycles. The number of nitrogens with zero attached hydrogens (tertiary/aromatic N) is 3. The number of aryl methyl sites for hydroxylation is 2. The highest BCUT2D eigenvalue weighted by molar-refractivity contribution is 9.10. The van der Waals surface area contributed by atoms with Crippen molar-refractivity contribution in [2.45, 2.75) is 13.8 Å². The molecule has 6 heteroatoms. The molecule has 4 rings (SSSR count). The summed E-state index contributed by atoms with van der Waals surface area (Å²) in [6, 6.07) is 5.56. The second-order valence-electron chi connectivity index (χ2n) is 4.98. The lowest BCUT2D eigenvalue weighted by Gasteiger charge is -2.05. The highest BCUT2D eigenvalue weighted by Gasteiger charge is 2.14. The van der Waals surface area contributed by atoms with Crippen molar-refractivity contribution in [1.29, 1.82) is 0 Å². The molecule has 0 saturated carbocycles. The molecule has 3 heterocycles. The number of fused-ring (bicyclic) bond motifs is 4. The Morgan fingerprint density at radius 1 is 1.29 bits per heavy atom. The van der Waals surface area contributed by atoms with E-state index in [1.807, 2.05) is 19.1 Å². The van der Waals surface area contributed by atoms with E-state index in [9.17, 15) is 4.79 Å². The Morgan fingerprint density at radius 3 is 2.90 bits per heavy atom. The molecular weight excluding hydrogens is 350 g/mol. The van der Waals surface area contributed by atoms with E-state index in [1.54, 1.807) is 23.7 Å². The van der Waals surface area contributed by atoms with Gasteiger partial charge in [0.15, 0.2) is 5.65 Å². The number of thiophene rings is 1. The zero-order valence-corrected chi connectivity index (χ0v) is 13.7. The maximum Gasteiger partial charge on any atom is 0.267 e. The van der Waals surface area contributed by atoms with Crippen LogP contribution < -0.4 is 5.56 Å². The Balaban J connectivity index is 2.33. The topological polar surface area (TPSA) is 47.3 Å². The molecule has 0 atom stereocenters.